The van der Waals surface area contributed by atoms with E-state index in [9.17, 15) is 9.59 Å². The number of rotatable bonds is 4. The fourth-order valence-corrected chi connectivity index (χ4v) is 3.44. The smallest absolute Gasteiger partial charge is 0.243 e. The molecule has 4 nitrogen and oxygen atoms in total. The Labute approximate surface area is 146 Å². The lowest BCUT2D eigenvalue weighted by molar-refractivity contribution is -0.125. The molecule has 2 aromatic carbocycles. The third kappa shape index (κ3) is 3.31. The summed E-state index contributed by atoms with van der Waals surface area (Å²) >= 11 is 1.69. The van der Waals surface area contributed by atoms with Gasteiger partial charge in [0.25, 0.3) is 0 Å². The number of benzene rings is 2. The molecule has 0 saturated carbocycles. The molecular formula is C19H20N2O2S. The van der Waals surface area contributed by atoms with E-state index >= 15 is 0 Å². The third-order valence-corrected chi connectivity index (χ3v) is 4.99. The highest BCUT2D eigenvalue weighted by molar-refractivity contribution is 7.98. The van der Waals surface area contributed by atoms with E-state index < -0.39 is 6.04 Å². The second-order valence-corrected chi connectivity index (χ2v) is 6.68. The first-order chi connectivity index (χ1) is 11.6. The number of nitrogens with zero attached hydrogens (tertiary/aromatic N) is 1. The molecule has 0 fully saturated rings. The molecular weight excluding hydrogens is 320 g/mol. The average Bonchev–Trinajstić information content (AvgIpc) is 3.00. The predicted octanol–water partition coefficient (Wildman–Crippen LogP) is 3.00. The second-order valence-electron chi connectivity index (χ2n) is 5.80. The van der Waals surface area contributed by atoms with E-state index in [-0.39, 0.29) is 11.8 Å². The molecule has 0 aliphatic carbocycles. The molecule has 1 atom stereocenters. The number of amides is 2. The van der Waals surface area contributed by atoms with Crippen LogP contribution in [0.5, 0.6) is 0 Å². The number of hydrogen-bond donors (Lipinski definition) is 1. The van der Waals surface area contributed by atoms with E-state index in [0.717, 1.165) is 16.8 Å². The standard InChI is InChI=1S/C19H20N2O2S/c1-13(22)21-17-6-4-3-5-15(17)11-18(21)19(23)20-12-14-7-9-16(24-2)10-8-14/h3-10,18H,11-12H2,1-2H3,(H,20,23)/t18-/m0/s1. The number of anilines is 1. The zero-order valence-corrected chi connectivity index (χ0v) is 14.6. The summed E-state index contributed by atoms with van der Waals surface area (Å²) in [5, 5.41) is 2.96. The van der Waals surface area contributed by atoms with Crippen molar-refractivity contribution in [3.63, 3.8) is 0 Å². The number of para-hydroxylation sites is 1. The Bertz CT molecular complexity index is 758. The highest BCUT2D eigenvalue weighted by Crippen LogP contribution is 2.32. The maximum Gasteiger partial charge on any atom is 0.243 e. The van der Waals surface area contributed by atoms with Gasteiger partial charge >= 0.3 is 0 Å². The molecule has 124 valence electrons. The summed E-state index contributed by atoms with van der Waals surface area (Å²) < 4.78 is 0. The Hall–Kier alpha value is -2.27. The average molecular weight is 340 g/mol. The molecule has 1 heterocycles. The SMILES string of the molecule is CSc1ccc(CNC(=O)[C@@H]2Cc3ccccc3N2C(C)=O)cc1. The molecule has 0 unspecified atom stereocenters. The van der Waals surface area contributed by atoms with Gasteiger partial charge in [-0.05, 0) is 35.6 Å². The molecule has 3 rings (SSSR count). The number of thioether (sulfide) groups is 1. The van der Waals surface area contributed by atoms with Crippen molar-refractivity contribution in [1.29, 1.82) is 0 Å². The molecule has 1 N–H and O–H groups in total. The van der Waals surface area contributed by atoms with Crippen molar-refractivity contribution < 1.29 is 9.59 Å². The quantitative estimate of drug-likeness (QED) is 0.871. The first kappa shape index (κ1) is 16.6. The highest BCUT2D eigenvalue weighted by atomic mass is 32.2. The van der Waals surface area contributed by atoms with Gasteiger partial charge in [-0.25, -0.2) is 0 Å². The van der Waals surface area contributed by atoms with Crippen molar-refractivity contribution in [2.45, 2.75) is 30.8 Å². The third-order valence-electron chi connectivity index (χ3n) is 4.24. The van der Waals surface area contributed by atoms with Crippen LogP contribution in [-0.2, 0) is 22.6 Å². The summed E-state index contributed by atoms with van der Waals surface area (Å²) in [5.74, 6) is -0.222. The van der Waals surface area contributed by atoms with Crippen molar-refractivity contribution in [2.75, 3.05) is 11.2 Å². The normalized spacial score (nSPS) is 15.9. The van der Waals surface area contributed by atoms with Gasteiger partial charge in [0, 0.05) is 30.5 Å². The lowest BCUT2D eigenvalue weighted by Crippen LogP contribution is -2.47. The molecule has 24 heavy (non-hydrogen) atoms. The lowest BCUT2D eigenvalue weighted by Gasteiger charge is -2.23. The van der Waals surface area contributed by atoms with Crippen LogP contribution in [-0.4, -0.2) is 24.1 Å². The van der Waals surface area contributed by atoms with Gasteiger partial charge in [-0.1, -0.05) is 30.3 Å². The highest BCUT2D eigenvalue weighted by Gasteiger charge is 2.36. The van der Waals surface area contributed by atoms with E-state index in [1.165, 1.54) is 11.8 Å². The molecule has 1 aliphatic rings. The predicted molar refractivity (Wildman–Crippen MR) is 97.2 cm³/mol. The van der Waals surface area contributed by atoms with Crippen LogP contribution in [0.25, 0.3) is 0 Å². The number of carbonyl (C=O) groups excluding carboxylic acids is 2. The van der Waals surface area contributed by atoms with E-state index in [1.807, 2.05) is 54.8 Å². The van der Waals surface area contributed by atoms with Crippen LogP contribution in [0.4, 0.5) is 5.69 Å². The van der Waals surface area contributed by atoms with Crippen LogP contribution in [0.2, 0.25) is 0 Å². The molecule has 0 aromatic heterocycles. The maximum atomic E-state index is 12.6. The molecule has 2 aromatic rings. The molecule has 5 heteroatoms. The van der Waals surface area contributed by atoms with E-state index in [1.54, 1.807) is 16.7 Å². The van der Waals surface area contributed by atoms with Crippen molar-refractivity contribution in [1.82, 2.24) is 5.32 Å². The zero-order valence-electron chi connectivity index (χ0n) is 13.8. The Morgan fingerprint density at radius 3 is 2.54 bits per heavy atom. The first-order valence-electron chi connectivity index (χ1n) is 7.88. The minimum Gasteiger partial charge on any atom is -0.350 e. The van der Waals surface area contributed by atoms with Gasteiger partial charge in [0.1, 0.15) is 6.04 Å². The number of fused-ring (bicyclic) bond motifs is 1. The molecule has 0 spiro atoms. The van der Waals surface area contributed by atoms with E-state index in [2.05, 4.69) is 5.32 Å². The number of nitrogens with one attached hydrogen (secondary N) is 1. The molecule has 1 aliphatic heterocycles. The van der Waals surface area contributed by atoms with E-state index in [4.69, 9.17) is 0 Å². The van der Waals surface area contributed by atoms with Crippen molar-refractivity contribution in [2.24, 2.45) is 0 Å². The Kier molecular flexibility index (Phi) is 4.90. The van der Waals surface area contributed by atoms with Crippen molar-refractivity contribution in [3.8, 4) is 0 Å². The summed E-state index contributed by atoms with van der Waals surface area (Å²) in [4.78, 5) is 27.4. The number of carbonyl (C=O) groups is 2. The number of hydrogen-bond acceptors (Lipinski definition) is 3. The Morgan fingerprint density at radius 1 is 1.17 bits per heavy atom. The summed E-state index contributed by atoms with van der Waals surface area (Å²) in [6, 6.07) is 15.3. The van der Waals surface area contributed by atoms with Crippen LogP contribution in [0.15, 0.2) is 53.4 Å². The molecule has 0 radical (unpaired) electrons. The Morgan fingerprint density at radius 2 is 1.88 bits per heavy atom. The topological polar surface area (TPSA) is 49.4 Å². The van der Waals surface area contributed by atoms with Crippen LogP contribution in [0, 0.1) is 0 Å². The summed E-state index contributed by atoms with van der Waals surface area (Å²) in [6.45, 7) is 1.97. The monoisotopic (exact) mass is 340 g/mol. The molecule has 2 amide bonds. The van der Waals surface area contributed by atoms with Gasteiger partial charge in [-0.15, -0.1) is 11.8 Å². The zero-order chi connectivity index (χ0) is 17.1. The largest absolute Gasteiger partial charge is 0.350 e. The van der Waals surface area contributed by atoms with Crippen LogP contribution in [0.1, 0.15) is 18.1 Å². The van der Waals surface area contributed by atoms with Gasteiger partial charge in [0.2, 0.25) is 11.8 Å². The van der Waals surface area contributed by atoms with Crippen molar-refractivity contribution >= 4 is 29.3 Å². The van der Waals surface area contributed by atoms with Crippen LogP contribution >= 0.6 is 11.8 Å². The first-order valence-corrected chi connectivity index (χ1v) is 9.11. The van der Waals surface area contributed by atoms with Crippen LogP contribution in [0.3, 0.4) is 0 Å². The van der Waals surface area contributed by atoms with Gasteiger partial charge in [-0.3, -0.25) is 14.5 Å². The minimum atomic E-state index is -0.467. The fourth-order valence-electron chi connectivity index (χ4n) is 3.04. The molecule has 0 saturated heterocycles. The summed E-state index contributed by atoms with van der Waals surface area (Å²) in [6.07, 6.45) is 2.60. The van der Waals surface area contributed by atoms with Gasteiger partial charge in [-0.2, -0.15) is 0 Å². The van der Waals surface area contributed by atoms with E-state index in [0.29, 0.717) is 13.0 Å². The second kappa shape index (κ2) is 7.09. The summed E-state index contributed by atoms with van der Waals surface area (Å²) in [7, 11) is 0. The van der Waals surface area contributed by atoms with Crippen LogP contribution < -0.4 is 10.2 Å². The van der Waals surface area contributed by atoms with Gasteiger partial charge in [0.05, 0.1) is 0 Å². The lowest BCUT2D eigenvalue weighted by atomic mass is 10.1. The summed E-state index contributed by atoms with van der Waals surface area (Å²) in [5.41, 5.74) is 2.93. The maximum absolute atomic E-state index is 12.6. The van der Waals surface area contributed by atoms with Gasteiger partial charge < -0.3 is 5.32 Å². The Balaban J connectivity index is 1.69. The fraction of sp³-hybridized carbons (Fsp3) is 0.263. The minimum absolute atomic E-state index is 0.107. The van der Waals surface area contributed by atoms with Crippen molar-refractivity contribution in [3.05, 3.63) is 59.7 Å². The van der Waals surface area contributed by atoms with Gasteiger partial charge in [0.15, 0.2) is 0 Å². The molecule has 0 bridgehead atoms.